The lowest BCUT2D eigenvalue weighted by Gasteiger charge is -2.11. The van der Waals surface area contributed by atoms with E-state index in [1.807, 2.05) is 24.4 Å². The number of benzene rings is 1. The van der Waals surface area contributed by atoms with Gasteiger partial charge in [-0.3, -0.25) is 4.68 Å². The van der Waals surface area contributed by atoms with Gasteiger partial charge < -0.3 is 15.5 Å². The smallest absolute Gasteiger partial charge is 0.314 e. The molecular weight excluding hydrogens is 306 g/mol. The number of aryl methyl sites for hydroxylation is 1. The third kappa shape index (κ3) is 4.34. The fraction of sp³-hybridized carbons (Fsp3) is 0.353. The fourth-order valence-electron chi connectivity index (χ4n) is 2.44. The summed E-state index contributed by atoms with van der Waals surface area (Å²) in [4.78, 5) is 17.2. The van der Waals surface area contributed by atoms with Crippen LogP contribution in [0.15, 0.2) is 47.9 Å². The third-order valence-electron chi connectivity index (χ3n) is 3.79. The van der Waals surface area contributed by atoms with Crippen LogP contribution in [0.25, 0.3) is 0 Å². The van der Waals surface area contributed by atoms with E-state index >= 15 is 0 Å². The van der Waals surface area contributed by atoms with Crippen LogP contribution in [0.3, 0.4) is 0 Å². The Kier molecular flexibility index (Phi) is 5.10. The van der Waals surface area contributed by atoms with E-state index in [0.717, 1.165) is 11.3 Å². The van der Waals surface area contributed by atoms with E-state index in [-0.39, 0.29) is 12.1 Å². The van der Waals surface area contributed by atoms with Crippen LogP contribution in [0.2, 0.25) is 0 Å². The highest BCUT2D eigenvalue weighted by atomic mass is 16.6. The summed E-state index contributed by atoms with van der Waals surface area (Å²) in [7, 11) is 0. The topological polar surface area (TPSA) is 80.5 Å². The van der Waals surface area contributed by atoms with Gasteiger partial charge in [0, 0.05) is 25.4 Å². The summed E-state index contributed by atoms with van der Waals surface area (Å²) in [6.45, 7) is 3.63. The highest BCUT2D eigenvalue weighted by Crippen LogP contribution is 2.16. The van der Waals surface area contributed by atoms with Gasteiger partial charge in [0.15, 0.2) is 6.10 Å². The van der Waals surface area contributed by atoms with Crippen molar-refractivity contribution in [1.82, 2.24) is 20.4 Å². The Morgan fingerprint density at radius 2 is 2.17 bits per heavy atom. The summed E-state index contributed by atoms with van der Waals surface area (Å²) in [6, 6.07) is 9.82. The van der Waals surface area contributed by atoms with E-state index in [1.165, 1.54) is 5.56 Å². The molecule has 126 valence electrons. The molecule has 1 aliphatic heterocycles. The molecule has 0 radical (unpaired) electrons. The first-order chi connectivity index (χ1) is 11.7. The standard InChI is InChI=1S/C17H21N5O2/c1-13-3-5-14(6-4-13)16-11-15(24-21-16)12-19-17(23)18-8-10-22-9-2-7-20-22/h2-7,9,15H,8,10-12H2,1H3,(H2,18,19,23)/t15-/m1/s1. The molecule has 3 rings (SSSR count). The van der Waals surface area contributed by atoms with E-state index in [2.05, 4.69) is 39.9 Å². The van der Waals surface area contributed by atoms with Crippen LogP contribution in [0.4, 0.5) is 4.79 Å². The molecule has 0 saturated carbocycles. The molecule has 0 unspecified atom stereocenters. The number of urea groups is 1. The van der Waals surface area contributed by atoms with Gasteiger partial charge in [0.1, 0.15) is 0 Å². The van der Waals surface area contributed by atoms with Crippen LogP contribution in [-0.4, -0.2) is 40.7 Å². The van der Waals surface area contributed by atoms with Crippen molar-refractivity contribution in [3.8, 4) is 0 Å². The first kappa shape index (κ1) is 16.0. The van der Waals surface area contributed by atoms with Crippen LogP contribution in [0.5, 0.6) is 0 Å². The van der Waals surface area contributed by atoms with Crippen molar-refractivity contribution in [2.75, 3.05) is 13.1 Å². The van der Waals surface area contributed by atoms with Crippen LogP contribution in [0.1, 0.15) is 17.5 Å². The molecule has 7 heteroatoms. The van der Waals surface area contributed by atoms with Gasteiger partial charge in [0.25, 0.3) is 0 Å². The van der Waals surface area contributed by atoms with Crippen molar-refractivity contribution in [3.05, 3.63) is 53.9 Å². The van der Waals surface area contributed by atoms with Gasteiger partial charge in [-0.1, -0.05) is 35.0 Å². The second kappa shape index (κ2) is 7.63. The van der Waals surface area contributed by atoms with Crippen LogP contribution >= 0.6 is 0 Å². The predicted octanol–water partition coefficient (Wildman–Crippen LogP) is 1.68. The summed E-state index contributed by atoms with van der Waals surface area (Å²) in [6.07, 6.45) is 4.13. The van der Waals surface area contributed by atoms with E-state index in [9.17, 15) is 4.79 Å². The second-order valence-corrected chi connectivity index (χ2v) is 5.74. The molecule has 2 N–H and O–H groups in total. The Bertz CT molecular complexity index is 694. The lowest BCUT2D eigenvalue weighted by molar-refractivity contribution is 0.0865. The Morgan fingerprint density at radius 3 is 2.92 bits per heavy atom. The quantitative estimate of drug-likeness (QED) is 0.847. The van der Waals surface area contributed by atoms with Gasteiger partial charge >= 0.3 is 6.03 Å². The Hall–Kier alpha value is -2.83. The maximum absolute atomic E-state index is 11.8. The first-order valence-corrected chi connectivity index (χ1v) is 7.99. The minimum Gasteiger partial charge on any atom is -0.390 e. The molecule has 2 amide bonds. The van der Waals surface area contributed by atoms with E-state index < -0.39 is 0 Å². The van der Waals surface area contributed by atoms with Gasteiger partial charge in [-0.2, -0.15) is 5.10 Å². The Morgan fingerprint density at radius 1 is 1.33 bits per heavy atom. The first-order valence-electron chi connectivity index (χ1n) is 7.99. The maximum atomic E-state index is 11.8. The van der Waals surface area contributed by atoms with Crippen molar-refractivity contribution in [3.63, 3.8) is 0 Å². The average Bonchev–Trinajstić information content (AvgIpc) is 3.25. The lowest BCUT2D eigenvalue weighted by atomic mass is 10.0. The predicted molar refractivity (Wildman–Crippen MR) is 90.8 cm³/mol. The molecule has 0 spiro atoms. The number of hydrogen-bond acceptors (Lipinski definition) is 4. The fourth-order valence-corrected chi connectivity index (χ4v) is 2.44. The zero-order chi connectivity index (χ0) is 16.8. The Labute approximate surface area is 140 Å². The van der Waals surface area contributed by atoms with Gasteiger partial charge in [-0.05, 0) is 18.6 Å². The second-order valence-electron chi connectivity index (χ2n) is 5.74. The van der Waals surface area contributed by atoms with E-state index in [0.29, 0.717) is 26.1 Å². The van der Waals surface area contributed by atoms with Crippen LogP contribution < -0.4 is 10.6 Å². The summed E-state index contributed by atoms with van der Waals surface area (Å²) < 4.78 is 1.77. The number of oxime groups is 1. The third-order valence-corrected chi connectivity index (χ3v) is 3.79. The maximum Gasteiger partial charge on any atom is 0.314 e. The molecule has 0 bridgehead atoms. The summed E-state index contributed by atoms with van der Waals surface area (Å²) >= 11 is 0. The number of aromatic nitrogens is 2. The van der Waals surface area contributed by atoms with Gasteiger partial charge in [0.05, 0.1) is 18.8 Å². The summed E-state index contributed by atoms with van der Waals surface area (Å²) in [5, 5.41) is 13.8. The number of carbonyl (C=O) groups is 1. The monoisotopic (exact) mass is 327 g/mol. The Balaban J connectivity index is 1.35. The minimum atomic E-state index is -0.213. The number of amides is 2. The highest BCUT2D eigenvalue weighted by molar-refractivity contribution is 6.01. The van der Waals surface area contributed by atoms with E-state index in [4.69, 9.17) is 4.84 Å². The molecule has 1 aliphatic rings. The summed E-state index contributed by atoms with van der Waals surface area (Å²) in [5.74, 6) is 0. The van der Waals surface area contributed by atoms with E-state index in [1.54, 1.807) is 10.9 Å². The van der Waals surface area contributed by atoms with Crippen molar-refractivity contribution >= 4 is 11.7 Å². The zero-order valence-corrected chi connectivity index (χ0v) is 13.6. The molecular formula is C17H21N5O2. The SMILES string of the molecule is Cc1ccc(C2=NO[C@@H](CNC(=O)NCCn3cccn3)C2)cc1. The molecule has 0 fully saturated rings. The van der Waals surface area contributed by atoms with Crippen molar-refractivity contribution in [1.29, 1.82) is 0 Å². The van der Waals surface area contributed by atoms with Crippen molar-refractivity contribution < 1.29 is 9.63 Å². The number of rotatable bonds is 6. The normalized spacial score (nSPS) is 16.4. The van der Waals surface area contributed by atoms with Crippen LogP contribution in [-0.2, 0) is 11.4 Å². The van der Waals surface area contributed by atoms with Gasteiger partial charge in [-0.15, -0.1) is 0 Å². The number of carbonyl (C=O) groups excluding carboxylic acids is 1. The van der Waals surface area contributed by atoms with Crippen molar-refractivity contribution in [2.45, 2.75) is 26.0 Å². The molecule has 1 aromatic heterocycles. The molecule has 7 nitrogen and oxygen atoms in total. The molecule has 2 heterocycles. The largest absolute Gasteiger partial charge is 0.390 e. The van der Waals surface area contributed by atoms with Crippen molar-refractivity contribution in [2.24, 2.45) is 5.16 Å². The highest BCUT2D eigenvalue weighted by Gasteiger charge is 2.22. The molecule has 1 atom stereocenters. The molecule has 24 heavy (non-hydrogen) atoms. The molecule has 2 aromatic rings. The van der Waals surface area contributed by atoms with Crippen LogP contribution in [0, 0.1) is 6.92 Å². The number of nitrogens with zero attached hydrogens (tertiary/aromatic N) is 3. The zero-order valence-electron chi connectivity index (χ0n) is 13.6. The lowest BCUT2D eigenvalue weighted by Crippen LogP contribution is -2.41. The number of nitrogens with one attached hydrogen (secondary N) is 2. The average molecular weight is 327 g/mol. The summed E-state index contributed by atoms with van der Waals surface area (Å²) in [5.41, 5.74) is 3.19. The minimum absolute atomic E-state index is 0.127. The van der Waals surface area contributed by atoms with Gasteiger partial charge in [0.2, 0.25) is 0 Å². The molecule has 1 aromatic carbocycles. The number of hydrogen-bond donors (Lipinski definition) is 2. The van der Waals surface area contributed by atoms with Gasteiger partial charge in [-0.25, -0.2) is 4.79 Å². The molecule has 0 saturated heterocycles. The molecule has 0 aliphatic carbocycles.